The fourth-order valence-corrected chi connectivity index (χ4v) is 9.37. The Kier molecular flexibility index (Phi) is 7.22. The highest BCUT2D eigenvalue weighted by Crippen LogP contribution is 2.67. The zero-order valence-corrected chi connectivity index (χ0v) is 22.9. The molecule has 8 atom stereocenters. The Morgan fingerprint density at radius 1 is 1.03 bits per heavy atom. The maximum absolute atomic E-state index is 12.7. The summed E-state index contributed by atoms with van der Waals surface area (Å²) in [7, 11) is 0. The summed E-state index contributed by atoms with van der Waals surface area (Å²) in [6.07, 6.45) is 15.3. The number of hydrogen-bond donors (Lipinski definition) is 0. The predicted octanol–water partition coefficient (Wildman–Crippen LogP) is 8.19. The highest BCUT2D eigenvalue weighted by atomic mass is 16.5. The molecule has 196 valence electrons. The Morgan fingerprint density at radius 2 is 1.81 bits per heavy atom. The molecule has 3 heteroatoms. The van der Waals surface area contributed by atoms with Crippen molar-refractivity contribution < 1.29 is 14.3 Å². The van der Waals surface area contributed by atoms with Crippen molar-refractivity contribution in [1.29, 1.82) is 0 Å². The monoisotopic (exact) mass is 490 g/mol. The van der Waals surface area contributed by atoms with E-state index >= 15 is 0 Å². The van der Waals surface area contributed by atoms with Gasteiger partial charge in [-0.3, -0.25) is 0 Å². The van der Waals surface area contributed by atoms with Gasteiger partial charge in [0, 0.05) is 12.8 Å². The maximum atomic E-state index is 12.7. The van der Waals surface area contributed by atoms with Crippen molar-refractivity contribution >= 4 is 11.8 Å². The van der Waals surface area contributed by atoms with Gasteiger partial charge in [0.25, 0.3) is 0 Å². The number of Topliss-reactive ketones (excluding diaryl/α,β-unsaturated/α-hetero) is 1. The normalized spacial score (nSPS) is 38.2. The van der Waals surface area contributed by atoms with E-state index in [1.54, 1.807) is 12.5 Å². The minimum absolute atomic E-state index is 0.00847. The van der Waals surface area contributed by atoms with Crippen molar-refractivity contribution in [3.8, 4) is 0 Å². The highest BCUT2D eigenvalue weighted by molar-refractivity contribution is 5.89. The fourth-order valence-electron chi connectivity index (χ4n) is 9.37. The van der Waals surface area contributed by atoms with Crippen LogP contribution in [0.25, 0.3) is 0 Å². The van der Waals surface area contributed by atoms with Gasteiger partial charge in [-0.15, -0.1) is 0 Å². The topological polar surface area (TPSA) is 43.4 Å². The number of allylic oxidation sites excluding steroid dienone is 1. The lowest BCUT2D eigenvalue weighted by Crippen LogP contribution is -2.51. The van der Waals surface area contributed by atoms with E-state index in [9.17, 15) is 9.59 Å². The molecule has 1 aromatic rings. The number of rotatable bonds is 7. The van der Waals surface area contributed by atoms with Gasteiger partial charge >= 0.3 is 5.97 Å². The third-order valence-electron chi connectivity index (χ3n) is 11.3. The van der Waals surface area contributed by atoms with Gasteiger partial charge in [0.05, 0.1) is 5.56 Å². The van der Waals surface area contributed by atoms with Crippen molar-refractivity contribution in [2.75, 3.05) is 0 Å². The van der Waals surface area contributed by atoms with Crippen LogP contribution < -0.4 is 0 Å². The maximum Gasteiger partial charge on any atom is 0.338 e. The molecule has 0 heterocycles. The van der Waals surface area contributed by atoms with Crippen molar-refractivity contribution in [2.24, 2.45) is 40.4 Å². The standard InChI is InChI=1S/C33H46O3/c1-22(9-8-10-23(2)34)28-15-16-29-27-14-13-25-21-26(36-31(35)24-11-6-5-7-12-24)17-19-32(25,3)30(27)18-20-33(28,29)4/h5-7,11-13,22,26-30H,8-10,14-21H2,1-4H3/t22-,26+,27+,28-,29+,30+,32+,33-/m1/s1. The Hall–Kier alpha value is -1.90. The lowest BCUT2D eigenvalue weighted by Gasteiger charge is -2.58. The van der Waals surface area contributed by atoms with E-state index in [1.165, 1.54) is 38.5 Å². The largest absolute Gasteiger partial charge is 0.458 e. The van der Waals surface area contributed by atoms with Crippen molar-refractivity contribution in [3.63, 3.8) is 0 Å². The van der Waals surface area contributed by atoms with Gasteiger partial charge in [-0.2, -0.15) is 0 Å². The van der Waals surface area contributed by atoms with Crippen molar-refractivity contribution in [3.05, 3.63) is 47.5 Å². The number of carbonyl (C=O) groups is 2. The summed E-state index contributed by atoms with van der Waals surface area (Å²) in [6, 6.07) is 9.42. The van der Waals surface area contributed by atoms with Gasteiger partial charge in [-0.25, -0.2) is 4.79 Å². The number of carbonyl (C=O) groups excluding carboxylic acids is 2. The van der Waals surface area contributed by atoms with Crippen LogP contribution in [0.15, 0.2) is 42.0 Å². The highest BCUT2D eigenvalue weighted by Gasteiger charge is 2.59. The number of esters is 1. The van der Waals surface area contributed by atoms with Gasteiger partial charge in [-0.05, 0) is 111 Å². The predicted molar refractivity (Wildman–Crippen MR) is 145 cm³/mol. The molecular formula is C33H46O3. The fraction of sp³-hybridized carbons (Fsp3) is 0.697. The molecule has 0 aromatic heterocycles. The zero-order valence-electron chi connectivity index (χ0n) is 22.9. The first kappa shape index (κ1) is 25.7. The van der Waals surface area contributed by atoms with Gasteiger partial charge in [0.15, 0.2) is 0 Å². The molecule has 5 rings (SSSR count). The number of benzene rings is 1. The Bertz CT molecular complexity index is 995. The minimum atomic E-state index is -0.179. The minimum Gasteiger partial charge on any atom is -0.458 e. The van der Waals surface area contributed by atoms with Crippen LogP contribution in [0.2, 0.25) is 0 Å². The number of ether oxygens (including phenoxy) is 1. The van der Waals surface area contributed by atoms with Crippen LogP contribution in [-0.2, 0) is 9.53 Å². The van der Waals surface area contributed by atoms with E-state index in [0.29, 0.717) is 16.8 Å². The van der Waals surface area contributed by atoms with E-state index in [2.05, 4.69) is 26.8 Å². The Labute approximate surface area is 218 Å². The molecule has 36 heavy (non-hydrogen) atoms. The lowest BCUT2D eigenvalue weighted by atomic mass is 9.47. The second kappa shape index (κ2) is 10.1. The average Bonchev–Trinajstić information content (AvgIpc) is 3.22. The number of hydrogen-bond acceptors (Lipinski definition) is 3. The molecule has 1 aromatic carbocycles. The molecule has 0 unspecified atom stereocenters. The number of fused-ring (bicyclic) bond motifs is 5. The van der Waals surface area contributed by atoms with E-state index in [1.807, 2.05) is 30.3 Å². The Balaban J connectivity index is 1.26. The molecule has 0 N–H and O–H groups in total. The quantitative estimate of drug-likeness (QED) is 0.286. The molecule has 3 saturated carbocycles. The molecule has 0 aliphatic heterocycles. The molecule has 0 bridgehead atoms. The molecule has 0 saturated heterocycles. The molecular weight excluding hydrogens is 444 g/mol. The van der Waals surface area contributed by atoms with Gasteiger partial charge in [0.2, 0.25) is 0 Å². The first-order chi connectivity index (χ1) is 17.2. The van der Waals surface area contributed by atoms with E-state index in [4.69, 9.17) is 4.74 Å². The summed E-state index contributed by atoms with van der Waals surface area (Å²) in [6.45, 7) is 9.34. The SMILES string of the molecule is CC(=O)CCC[C@@H](C)[C@H]1CC[C@H]2[C@@H]3CC=C4C[C@@H](OC(=O)c5ccccc5)CC[C@]4(C)[C@H]3CC[C@]12C. The van der Waals surface area contributed by atoms with Gasteiger partial charge < -0.3 is 9.53 Å². The second-order valence-corrected chi connectivity index (χ2v) is 13.2. The summed E-state index contributed by atoms with van der Waals surface area (Å²) in [5.74, 6) is 4.09. The summed E-state index contributed by atoms with van der Waals surface area (Å²) in [4.78, 5) is 24.1. The van der Waals surface area contributed by atoms with Gasteiger partial charge in [-0.1, -0.05) is 57.0 Å². The van der Waals surface area contributed by atoms with Crippen LogP contribution in [0.4, 0.5) is 0 Å². The molecule has 0 spiro atoms. The van der Waals surface area contributed by atoms with Crippen molar-refractivity contribution in [2.45, 2.75) is 104 Å². The summed E-state index contributed by atoms with van der Waals surface area (Å²) < 4.78 is 5.98. The van der Waals surface area contributed by atoms with Crippen molar-refractivity contribution in [1.82, 2.24) is 0 Å². The third kappa shape index (κ3) is 4.61. The van der Waals surface area contributed by atoms with E-state index in [0.717, 1.165) is 61.7 Å². The average molecular weight is 491 g/mol. The van der Waals surface area contributed by atoms with Crippen LogP contribution in [0, 0.1) is 40.4 Å². The zero-order chi connectivity index (χ0) is 25.5. The van der Waals surface area contributed by atoms with Crippen LogP contribution in [0.1, 0.15) is 109 Å². The Morgan fingerprint density at radius 3 is 2.56 bits per heavy atom. The smallest absolute Gasteiger partial charge is 0.338 e. The molecule has 4 aliphatic carbocycles. The van der Waals surface area contributed by atoms with E-state index in [-0.39, 0.29) is 17.5 Å². The van der Waals surface area contributed by atoms with Gasteiger partial charge in [0.1, 0.15) is 11.9 Å². The first-order valence-corrected chi connectivity index (χ1v) is 14.7. The van der Waals surface area contributed by atoms with Crippen LogP contribution in [0.5, 0.6) is 0 Å². The molecule has 0 radical (unpaired) electrons. The van der Waals surface area contributed by atoms with Crippen LogP contribution >= 0.6 is 0 Å². The summed E-state index contributed by atoms with van der Waals surface area (Å²) in [5, 5.41) is 0. The molecule has 0 amide bonds. The summed E-state index contributed by atoms with van der Waals surface area (Å²) >= 11 is 0. The molecule has 3 fully saturated rings. The lowest BCUT2D eigenvalue weighted by molar-refractivity contribution is -0.117. The van der Waals surface area contributed by atoms with Crippen LogP contribution in [0.3, 0.4) is 0 Å². The second-order valence-electron chi connectivity index (χ2n) is 13.2. The molecule has 4 aliphatic rings. The third-order valence-corrected chi connectivity index (χ3v) is 11.3. The van der Waals surface area contributed by atoms with E-state index < -0.39 is 0 Å². The summed E-state index contributed by atoms with van der Waals surface area (Å²) in [5.41, 5.74) is 2.95. The number of ketones is 1. The van der Waals surface area contributed by atoms with Crippen LogP contribution in [-0.4, -0.2) is 17.9 Å². The molecule has 3 nitrogen and oxygen atoms in total. The first-order valence-electron chi connectivity index (χ1n) is 14.7.